The number of aromatic nitrogens is 1. The van der Waals surface area contributed by atoms with Crippen LogP contribution >= 0.6 is 11.8 Å². The molecule has 3 nitrogen and oxygen atoms in total. The monoisotopic (exact) mass is 233 g/mol. The Morgan fingerprint density at radius 3 is 3.19 bits per heavy atom. The van der Waals surface area contributed by atoms with E-state index in [-0.39, 0.29) is 0 Å². The van der Waals surface area contributed by atoms with Gasteiger partial charge in [-0.1, -0.05) is 6.42 Å². The molecule has 1 saturated carbocycles. The van der Waals surface area contributed by atoms with E-state index >= 15 is 0 Å². The molecule has 16 heavy (non-hydrogen) atoms. The summed E-state index contributed by atoms with van der Waals surface area (Å²) >= 11 is 1.93. The summed E-state index contributed by atoms with van der Waals surface area (Å²) in [6.07, 6.45) is 7.64. The third-order valence-electron chi connectivity index (χ3n) is 2.98. The Kier molecular flexibility index (Phi) is 3.68. The van der Waals surface area contributed by atoms with Crippen LogP contribution in [0.25, 0.3) is 0 Å². The van der Waals surface area contributed by atoms with Gasteiger partial charge in [0.05, 0.1) is 0 Å². The molecule has 84 valence electrons. The van der Waals surface area contributed by atoms with Crippen LogP contribution in [0.1, 0.15) is 25.0 Å². The van der Waals surface area contributed by atoms with E-state index in [1.54, 1.807) is 6.20 Å². The molecule has 1 aliphatic rings. The minimum Gasteiger partial charge on any atom is -0.381 e. The molecule has 1 aromatic heterocycles. The largest absolute Gasteiger partial charge is 0.381 e. The third-order valence-corrected chi connectivity index (χ3v) is 4.15. The molecular formula is C12H15N3S. The molecule has 2 atom stereocenters. The molecule has 0 aliphatic heterocycles. The molecule has 1 heterocycles. The molecule has 0 aromatic carbocycles. The Balaban J connectivity index is 2.06. The fraction of sp³-hybridized carbons (Fsp3) is 0.500. The number of rotatable bonds is 3. The van der Waals surface area contributed by atoms with Gasteiger partial charge in [0.15, 0.2) is 0 Å². The lowest BCUT2D eigenvalue weighted by Gasteiger charge is -2.20. The Morgan fingerprint density at radius 2 is 2.44 bits per heavy atom. The van der Waals surface area contributed by atoms with Gasteiger partial charge in [-0.15, -0.1) is 0 Å². The van der Waals surface area contributed by atoms with Crippen molar-refractivity contribution >= 4 is 17.4 Å². The molecule has 0 radical (unpaired) electrons. The lowest BCUT2D eigenvalue weighted by Crippen LogP contribution is -2.25. The number of hydrogen-bond donors (Lipinski definition) is 1. The van der Waals surface area contributed by atoms with Crippen LogP contribution in [0.15, 0.2) is 18.3 Å². The number of thioether (sulfide) groups is 1. The summed E-state index contributed by atoms with van der Waals surface area (Å²) in [5.41, 5.74) is 1.49. The van der Waals surface area contributed by atoms with Crippen molar-refractivity contribution in [1.29, 1.82) is 5.26 Å². The van der Waals surface area contributed by atoms with Gasteiger partial charge in [-0.25, -0.2) is 4.98 Å². The summed E-state index contributed by atoms with van der Waals surface area (Å²) in [6.45, 7) is 0. The predicted molar refractivity (Wildman–Crippen MR) is 67.5 cm³/mol. The Labute approximate surface area is 100 Å². The summed E-state index contributed by atoms with van der Waals surface area (Å²) in [7, 11) is 0. The summed E-state index contributed by atoms with van der Waals surface area (Å²) in [4.78, 5) is 3.97. The van der Waals surface area contributed by atoms with Crippen LogP contribution in [0.5, 0.6) is 0 Å². The van der Waals surface area contributed by atoms with Crippen molar-refractivity contribution in [2.75, 3.05) is 11.6 Å². The number of nitriles is 1. The molecule has 1 N–H and O–H groups in total. The van der Waals surface area contributed by atoms with E-state index in [1.165, 1.54) is 19.3 Å². The van der Waals surface area contributed by atoms with E-state index in [0.29, 0.717) is 17.0 Å². The van der Waals surface area contributed by atoms with Crippen LogP contribution in [0, 0.1) is 11.3 Å². The highest BCUT2D eigenvalue weighted by Gasteiger charge is 2.26. The molecule has 1 aromatic rings. The smallest absolute Gasteiger partial charge is 0.142 e. The molecule has 1 fully saturated rings. The fourth-order valence-electron chi connectivity index (χ4n) is 2.17. The molecule has 0 spiro atoms. The molecule has 0 saturated heterocycles. The Hall–Kier alpha value is -1.21. The molecular weight excluding hydrogens is 218 g/mol. The zero-order valence-corrected chi connectivity index (χ0v) is 10.1. The molecule has 0 amide bonds. The maximum atomic E-state index is 8.78. The van der Waals surface area contributed by atoms with Gasteiger partial charge in [-0.2, -0.15) is 17.0 Å². The summed E-state index contributed by atoms with van der Waals surface area (Å²) < 4.78 is 0. The molecule has 0 bridgehead atoms. The summed E-state index contributed by atoms with van der Waals surface area (Å²) in [5, 5.41) is 13.0. The van der Waals surface area contributed by atoms with Crippen molar-refractivity contribution in [3.8, 4) is 6.07 Å². The zero-order valence-electron chi connectivity index (χ0n) is 9.31. The number of hydrogen-bond acceptors (Lipinski definition) is 4. The molecule has 1 aliphatic carbocycles. The second-order valence-corrected chi connectivity index (χ2v) is 5.07. The van der Waals surface area contributed by atoms with Crippen LogP contribution in [0.3, 0.4) is 0 Å². The van der Waals surface area contributed by atoms with Crippen molar-refractivity contribution in [2.45, 2.75) is 30.6 Å². The first kappa shape index (κ1) is 11.3. The Bertz CT molecular complexity index is 399. The van der Waals surface area contributed by atoms with Crippen LogP contribution in [0.4, 0.5) is 5.69 Å². The third kappa shape index (κ3) is 2.48. The van der Waals surface area contributed by atoms with Crippen LogP contribution in [-0.2, 0) is 0 Å². The first-order chi connectivity index (χ1) is 7.83. The van der Waals surface area contributed by atoms with E-state index in [4.69, 9.17) is 5.26 Å². The first-order valence-corrected chi connectivity index (χ1v) is 6.78. The summed E-state index contributed by atoms with van der Waals surface area (Å²) in [5.74, 6) is 0. The van der Waals surface area contributed by atoms with Crippen molar-refractivity contribution < 1.29 is 0 Å². The molecule has 4 heteroatoms. The van der Waals surface area contributed by atoms with E-state index < -0.39 is 0 Å². The van der Waals surface area contributed by atoms with Gasteiger partial charge >= 0.3 is 0 Å². The highest BCUT2D eigenvalue weighted by Crippen LogP contribution is 2.30. The minimum atomic E-state index is 0.476. The second kappa shape index (κ2) is 5.22. The SMILES string of the molecule is CSC1CCCC1Nc1ccnc(C#N)c1. The average Bonchev–Trinajstić information content (AvgIpc) is 2.76. The van der Waals surface area contributed by atoms with Gasteiger partial charge in [-0.05, 0) is 31.2 Å². The number of nitrogens with one attached hydrogen (secondary N) is 1. The van der Waals surface area contributed by atoms with Gasteiger partial charge < -0.3 is 5.32 Å². The van der Waals surface area contributed by atoms with E-state index in [0.717, 1.165) is 5.69 Å². The second-order valence-electron chi connectivity index (χ2n) is 4.00. The van der Waals surface area contributed by atoms with Gasteiger partial charge in [0.1, 0.15) is 11.8 Å². The fourth-order valence-corrected chi connectivity index (χ4v) is 3.10. The predicted octanol–water partition coefficient (Wildman–Crippen LogP) is 2.65. The van der Waals surface area contributed by atoms with E-state index in [2.05, 4.69) is 22.6 Å². The van der Waals surface area contributed by atoms with Gasteiger partial charge in [0.25, 0.3) is 0 Å². The van der Waals surface area contributed by atoms with Crippen molar-refractivity contribution in [1.82, 2.24) is 4.98 Å². The van der Waals surface area contributed by atoms with Crippen LogP contribution in [0.2, 0.25) is 0 Å². The number of pyridine rings is 1. The normalized spacial score (nSPS) is 24.0. The number of nitrogens with zero attached hydrogens (tertiary/aromatic N) is 2. The number of anilines is 1. The van der Waals surface area contributed by atoms with E-state index in [1.807, 2.05) is 23.9 Å². The topological polar surface area (TPSA) is 48.7 Å². The van der Waals surface area contributed by atoms with Crippen molar-refractivity contribution in [2.24, 2.45) is 0 Å². The average molecular weight is 233 g/mol. The van der Waals surface area contributed by atoms with Gasteiger partial charge in [0.2, 0.25) is 0 Å². The maximum Gasteiger partial charge on any atom is 0.142 e. The Morgan fingerprint density at radius 1 is 1.56 bits per heavy atom. The van der Waals surface area contributed by atoms with Crippen LogP contribution < -0.4 is 5.32 Å². The highest BCUT2D eigenvalue weighted by molar-refractivity contribution is 7.99. The standard InChI is InChI=1S/C12H15N3S/c1-16-12-4-2-3-11(12)15-9-5-6-14-10(7-9)8-13/h5-7,11-12H,2-4H2,1H3,(H,14,15). The van der Waals surface area contributed by atoms with Crippen molar-refractivity contribution in [3.05, 3.63) is 24.0 Å². The van der Waals surface area contributed by atoms with E-state index in [9.17, 15) is 0 Å². The highest BCUT2D eigenvalue weighted by atomic mass is 32.2. The maximum absolute atomic E-state index is 8.78. The van der Waals surface area contributed by atoms with Crippen molar-refractivity contribution in [3.63, 3.8) is 0 Å². The minimum absolute atomic E-state index is 0.476. The molecule has 2 unspecified atom stereocenters. The van der Waals surface area contributed by atoms with Gasteiger partial charge in [-0.3, -0.25) is 0 Å². The lowest BCUT2D eigenvalue weighted by atomic mass is 10.2. The summed E-state index contributed by atoms with van der Waals surface area (Å²) in [6, 6.07) is 6.33. The lowest BCUT2D eigenvalue weighted by molar-refractivity contribution is 0.768. The zero-order chi connectivity index (χ0) is 11.4. The quantitative estimate of drug-likeness (QED) is 0.872. The molecule has 2 rings (SSSR count). The first-order valence-electron chi connectivity index (χ1n) is 5.49. The van der Waals surface area contributed by atoms with Gasteiger partial charge in [0, 0.05) is 23.2 Å². The van der Waals surface area contributed by atoms with Crippen LogP contribution in [-0.4, -0.2) is 22.5 Å².